The van der Waals surface area contributed by atoms with Gasteiger partial charge in [-0.3, -0.25) is 9.59 Å². The molecule has 0 unspecified atom stereocenters. The third-order valence-electron chi connectivity index (χ3n) is 4.34. The van der Waals surface area contributed by atoms with E-state index >= 15 is 0 Å². The standard InChI is InChI=1S/C19H16ClF3N4O2S/c1-18(2,16(24)29)7-9-3-4-11(20)10(5-9)15-26-12(6-14(28)27-15)13-8-25-17(30-13)19(21,22)23/h3-6,8H,7H2,1-2H3,(H2,24,29)(H,26,27,28). The van der Waals surface area contributed by atoms with Crippen LogP contribution in [0.5, 0.6) is 0 Å². The van der Waals surface area contributed by atoms with Crippen molar-refractivity contribution in [2.75, 3.05) is 0 Å². The summed E-state index contributed by atoms with van der Waals surface area (Å²) in [5.74, 6) is -0.388. The number of amides is 1. The molecule has 1 amide bonds. The van der Waals surface area contributed by atoms with E-state index in [1.807, 2.05) is 0 Å². The molecule has 1 aromatic carbocycles. The molecule has 2 aromatic heterocycles. The van der Waals surface area contributed by atoms with Crippen LogP contribution in [0.25, 0.3) is 22.0 Å². The molecule has 0 aliphatic carbocycles. The van der Waals surface area contributed by atoms with Crippen LogP contribution in [0, 0.1) is 5.41 Å². The van der Waals surface area contributed by atoms with Crippen LogP contribution in [0.1, 0.15) is 24.4 Å². The highest BCUT2D eigenvalue weighted by atomic mass is 35.5. The largest absolute Gasteiger partial charge is 0.443 e. The average Bonchev–Trinajstić information content (AvgIpc) is 3.13. The average molecular weight is 457 g/mol. The second-order valence-corrected chi connectivity index (χ2v) is 8.68. The Morgan fingerprint density at radius 2 is 1.97 bits per heavy atom. The van der Waals surface area contributed by atoms with Crippen molar-refractivity contribution in [3.63, 3.8) is 0 Å². The predicted octanol–water partition coefficient (Wildman–Crippen LogP) is 4.29. The number of nitrogens with zero attached hydrogens (tertiary/aromatic N) is 2. The summed E-state index contributed by atoms with van der Waals surface area (Å²) in [5.41, 5.74) is 5.19. The van der Waals surface area contributed by atoms with Gasteiger partial charge in [-0.15, -0.1) is 11.3 Å². The lowest BCUT2D eigenvalue weighted by Crippen LogP contribution is -2.33. The molecule has 3 aromatic rings. The molecule has 0 aliphatic rings. The van der Waals surface area contributed by atoms with Crippen LogP contribution in [0.15, 0.2) is 35.3 Å². The number of hydrogen-bond acceptors (Lipinski definition) is 5. The minimum Gasteiger partial charge on any atom is -0.369 e. The number of aromatic amines is 1. The zero-order valence-corrected chi connectivity index (χ0v) is 17.4. The number of benzene rings is 1. The van der Waals surface area contributed by atoms with Crippen LogP contribution < -0.4 is 11.3 Å². The van der Waals surface area contributed by atoms with Crippen molar-refractivity contribution in [3.05, 3.63) is 56.4 Å². The SMILES string of the molecule is CC(C)(Cc1ccc(Cl)c(-c2nc(-c3cnc(C(F)(F)F)s3)cc(=O)[nH]2)c1)C(N)=O. The number of nitrogens with one attached hydrogen (secondary N) is 1. The fourth-order valence-electron chi connectivity index (χ4n) is 2.70. The highest BCUT2D eigenvalue weighted by molar-refractivity contribution is 7.15. The summed E-state index contributed by atoms with van der Waals surface area (Å²) in [6.45, 7) is 3.40. The Hall–Kier alpha value is -2.72. The maximum atomic E-state index is 12.8. The highest BCUT2D eigenvalue weighted by Crippen LogP contribution is 2.36. The molecule has 0 spiro atoms. The van der Waals surface area contributed by atoms with Gasteiger partial charge in [-0.25, -0.2) is 9.97 Å². The van der Waals surface area contributed by atoms with Crippen LogP contribution in [0.4, 0.5) is 13.2 Å². The second-order valence-electron chi connectivity index (χ2n) is 7.25. The zero-order valence-electron chi connectivity index (χ0n) is 15.8. The number of thiazole rings is 1. The van der Waals surface area contributed by atoms with Gasteiger partial charge in [-0.2, -0.15) is 13.2 Å². The summed E-state index contributed by atoms with van der Waals surface area (Å²) >= 11 is 6.66. The Morgan fingerprint density at radius 3 is 2.57 bits per heavy atom. The second kappa shape index (κ2) is 7.84. The van der Waals surface area contributed by atoms with Crippen LogP contribution in [-0.4, -0.2) is 20.9 Å². The minimum atomic E-state index is -4.59. The summed E-state index contributed by atoms with van der Waals surface area (Å²) < 4.78 is 38.5. The van der Waals surface area contributed by atoms with E-state index in [0.29, 0.717) is 23.3 Å². The molecule has 0 saturated carbocycles. The molecular formula is C19H16ClF3N4O2S. The first kappa shape index (κ1) is 22.0. The van der Waals surface area contributed by atoms with Crippen molar-refractivity contribution >= 4 is 28.8 Å². The van der Waals surface area contributed by atoms with Gasteiger partial charge < -0.3 is 10.7 Å². The molecule has 3 rings (SSSR count). The van der Waals surface area contributed by atoms with E-state index in [4.69, 9.17) is 17.3 Å². The number of alkyl halides is 3. The number of hydrogen-bond donors (Lipinski definition) is 2. The lowest BCUT2D eigenvalue weighted by Gasteiger charge is -2.20. The molecule has 30 heavy (non-hydrogen) atoms. The number of carbonyl (C=O) groups is 1. The normalized spacial score (nSPS) is 12.2. The maximum Gasteiger partial charge on any atom is 0.443 e. The van der Waals surface area contributed by atoms with Crippen molar-refractivity contribution < 1.29 is 18.0 Å². The molecular weight excluding hydrogens is 441 g/mol. The molecule has 0 atom stereocenters. The monoisotopic (exact) mass is 456 g/mol. The Kier molecular flexibility index (Phi) is 5.74. The van der Waals surface area contributed by atoms with Crippen molar-refractivity contribution in [1.29, 1.82) is 0 Å². The van der Waals surface area contributed by atoms with Gasteiger partial charge in [0.2, 0.25) is 5.91 Å². The first-order chi connectivity index (χ1) is 13.9. The van der Waals surface area contributed by atoms with E-state index in [-0.39, 0.29) is 21.4 Å². The van der Waals surface area contributed by atoms with E-state index in [1.165, 1.54) is 0 Å². The molecule has 0 radical (unpaired) electrons. The number of primary amides is 1. The smallest absolute Gasteiger partial charge is 0.369 e. The molecule has 3 N–H and O–H groups in total. The third-order valence-corrected chi connectivity index (χ3v) is 5.74. The Balaban J connectivity index is 2.05. The molecule has 0 bridgehead atoms. The number of rotatable bonds is 5. The maximum absolute atomic E-state index is 12.8. The van der Waals surface area contributed by atoms with Gasteiger partial charge in [-0.05, 0) is 24.1 Å². The van der Waals surface area contributed by atoms with Gasteiger partial charge in [0, 0.05) is 23.2 Å². The van der Waals surface area contributed by atoms with Crippen LogP contribution in [0.2, 0.25) is 5.02 Å². The summed E-state index contributed by atoms with van der Waals surface area (Å²) in [7, 11) is 0. The van der Waals surface area contributed by atoms with E-state index in [2.05, 4.69) is 15.0 Å². The number of carbonyl (C=O) groups excluding carboxylic acids is 1. The molecule has 11 heteroatoms. The van der Waals surface area contributed by atoms with Gasteiger partial charge in [0.1, 0.15) is 5.82 Å². The van der Waals surface area contributed by atoms with E-state index in [1.54, 1.807) is 32.0 Å². The Labute approximate surface area is 177 Å². The topological polar surface area (TPSA) is 102 Å². The molecule has 158 valence electrons. The molecule has 0 fully saturated rings. The molecule has 0 aliphatic heterocycles. The first-order valence-corrected chi connectivity index (χ1v) is 9.80. The molecule has 6 nitrogen and oxygen atoms in total. The van der Waals surface area contributed by atoms with Crippen molar-refractivity contribution in [2.24, 2.45) is 11.1 Å². The number of aromatic nitrogens is 3. The third kappa shape index (κ3) is 4.71. The van der Waals surface area contributed by atoms with Gasteiger partial charge >= 0.3 is 6.18 Å². The quantitative estimate of drug-likeness (QED) is 0.598. The lowest BCUT2D eigenvalue weighted by atomic mass is 9.85. The molecule has 2 heterocycles. The lowest BCUT2D eigenvalue weighted by molar-refractivity contribution is -0.137. The van der Waals surface area contributed by atoms with Gasteiger partial charge in [0.05, 0.1) is 15.6 Å². The van der Waals surface area contributed by atoms with Crippen LogP contribution in [0.3, 0.4) is 0 Å². The highest BCUT2D eigenvalue weighted by Gasteiger charge is 2.35. The van der Waals surface area contributed by atoms with E-state index in [9.17, 15) is 22.8 Å². The Bertz CT molecular complexity index is 1170. The summed E-state index contributed by atoms with van der Waals surface area (Å²) in [6.07, 6.45) is -3.25. The molecule has 0 saturated heterocycles. The Morgan fingerprint density at radius 1 is 1.27 bits per heavy atom. The van der Waals surface area contributed by atoms with Gasteiger partial charge in [0.15, 0.2) is 5.01 Å². The summed E-state index contributed by atoms with van der Waals surface area (Å²) in [5, 5.41) is -0.758. The van der Waals surface area contributed by atoms with Crippen molar-refractivity contribution in [3.8, 4) is 22.0 Å². The fraction of sp³-hybridized carbons (Fsp3) is 0.263. The van der Waals surface area contributed by atoms with Crippen LogP contribution >= 0.6 is 22.9 Å². The van der Waals surface area contributed by atoms with E-state index < -0.39 is 28.1 Å². The van der Waals surface area contributed by atoms with Crippen LogP contribution in [-0.2, 0) is 17.4 Å². The first-order valence-electron chi connectivity index (χ1n) is 8.60. The van der Waals surface area contributed by atoms with Crippen molar-refractivity contribution in [2.45, 2.75) is 26.4 Å². The summed E-state index contributed by atoms with van der Waals surface area (Å²) in [6, 6.07) is 6.05. The van der Waals surface area contributed by atoms with Crippen molar-refractivity contribution in [1.82, 2.24) is 15.0 Å². The minimum absolute atomic E-state index is 0.0423. The summed E-state index contributed by atoms with van der Waals surface area (Å²) in [4.78, 5) is 34.0. The fourth-order valence-corrected chi connectivity index (χ4v) is 3.65. The predicted molar refractivity (Wildman–Crippen MR) is 108 cm³/mol. The van der Waals surface area contributed by atoms with Gasteiger partial charge in [-0.1, -0.05) is 31.5 Å². The number of H-pyrrole nitrogens is 1. The number of halogens is 4. The van der Waals surface area contributed by atoms with Gasteiger partial charge in [0.25, 0.3) is 5.56 Å². The number of nitrogens with two attached hydrogens (primary N) is 1. The zero-order chi connectivity index (χ0) is 22.3. The van der Waals surface area contributed by atoms with E-state index in [0.717, 1.165) is 17.8 Å².